The molecule has 30 heavy (non-hydrogen) atoms. The maximum absolute atomic E-state index is 12.7. The van der Waals surface area contributed by atoms with E-state index in [1.165, 1.54) is 11.1 Å². The van der Waals surface area contributed by atoms with E-state index in [4.69, 9.17) is 18.6 Å². The Balaban J connectivity index is 2.30. The molecule has 5 heteroatoms. The number of benzene rings is 1. The van der Waals surface area contributed by atoms with Crippen molar-refractivity contribution in [1.82, 2.24) is 0 Å². The Kier molecular flexibility index (Phi) is 8.58. The summed E-state index contributed by atoms with van der Waals surface area (Å²) in [5.74, 6) is 1.14. The third kappa shape index (κ3) is 6.97. The minimum atomic E-state index is -0.560. The van der Waals surface area contributed by atoms with Gasteiger partial charge in [0.1, 0.15) is 17.9 Å². The number of fused-ring (bicyclic) bond motifs is 1. The molecule has 0 fully saturated rings. The molecular weight excluding hydrogens is 380 g/mol. The Labute approximate surface area is 179 Å². The van der Waals surface area contributed by atoms with Crippen LogP contribution in [0.15, 0.2) is 50.7 Å². The van der Waals surface area contributed by atoms with Gasteiger partial charge in [-0.1, -0.05) is 17.2 Å². The molecule has 1 aromatic heterocycles. The molecule has 0 saturated carbocycles. The maximum atomic E-state index is 12.7. The zero-order chi connectivity index (χ0) is 22.3. The fourth-order valence-electron chi connectivity index (χ4n) is 2.92. The normalized spacial score (nSPS) is 11.8. The van der Waals surface area contributed by atoms with Crippen LogP contribution in [0.5, 0.6) is 17.2 Å². The Morgan fingerprint density at radius 3 is 2.33 bits per heavy atom. The first kappa shape index (κ1) is 23.6. The average Bonchev–Trinajstić information content (AvgIpc) is 2.62. The summed E-state index contributed by atoms with van der Waals surface area (Å²) in [5.41, 5.74) is 2.37. The molecule has 0 aliphatic carbocycles. The summed E-state index contributed by atoms with van der Waals surface area (Å²) in [4.78, 5) is 12.7. The van der Waals surface area contributed by atoms with Gasteiger partial charge in [0.05, 0.1) is 17.6 Å². The molecule has 2 rings (SSSR count). The van der Waals surface area contributed by atoms with Crippen molar-refractivity contribution >= 4 is 11.0 Å². The standard InChI is InChI=1S/C25H34O5/c1-16(2)9-8-10-19(7)13-14-27-24-23(29-18(5)6)21-12-11-20(28-17(3)4)15-22(21)30-25(24)26/h9,11-13,15,17-18H,8,10,14H2,1-7H3/b19-13+. The summed E-state index contributed by atoms with van der Waals surface area (Å²) in [7, 11) is 0. The zero-order valence-electron chi connectivity index (χ0n) is 19.2. The highest BCUT2D eigenvalue weighted by molar-refractivity contribution is 5.86. The van der Waals surface area contributed by atoms with E-state index in [0.29, 0.717) is 22.5 Å². The van der Waals surface area contributed by atoms with E-state index in [0.717, 1.165) is 12.8 Å². The Morgan fingerprint density at radius 1 is 1.00 bits per heavy atom. The molecule has 0 spiro atoms. The molecule has 0 radical (unpaired) electrons. The molecule has 2 aromatic rings. The fraction of sp³-hybridized carbons (Fsp3) is 0.480. The first-order valence-electron chi connectivity index (χ1n) is 10.5. The van der Waals surface area contributed by atoms with Crippen molar-refractivity contribution in [3.63, 3.8) is 0 Å². The lowest BCUT2D eigenvalue weighted by Crippen LogP contribution is -2.14. The third-order valence-corrected chi connectivity index (χ3v) is 4.27. The summed E-state index contributed by atoms with van der Waals surface area (Å²) in [6, 6.07) is 5.38. The highest BCUT2D eigenvalue weighted by atomic mass is 16.5. The topological polar surface area (TPSA) is 57.9 Å². The van der Waals surface area contributed by atoms with Crippen molar-refractivity contribution in [1.29, 1.82) is 0 Å². The van der Waals surface area contributed by atoms with Gasteiger partial charge in [0.2, 0.25) is 5.75 Å². The molecule has 0 bridgehead atoms. The fourth-order valence-corrected chi connectivity index (χ4v) is 2.92. The minimum Gasteiger partial charge on any atom is -0.491 e. The molecule has 164 valence electrons. The molecule has 0 atom stereocenters. The lowest BCUT2D eigenvalue weighted by atomic mass is 10.1. The first-order chi connectivity index (χ1) is 14.2. The van der Waals surface area contributed by atoms with Crippen LogP contribution in [0, 0.1) is 0 Å². The molecule has 0 unspecified atom stereocenters. The first-order valence-corrected chi connectivity index (χ1v) is 10.5. The maximum Gasteiger partial charge on any atom is 0.383 e. The molecule has 0 saturated heterocycles. The second kappa shape index (κ2) is 10.9. The van der Waals surface area contributed by atoms with Gasteiger partial charge >= 0.3 is 5.63 Å². The van der Waals surface area contributed by atoms with Gasteiger partial charge in [0.15, 0.2) is 5.75 Å². The van der Waals surface area contributed by atoms with Crippen LogP contribution in [0.2, 0.25) is 0 Å². The van der Waals surface area contributed by atoms with E-state index < -0.39 is 5.63 Å². The van der Waals surface area contributed by atoms with Gasteiger partial charge in [-0.05, 0) is 79.5 Å². The van der Waals surface area contributed by atoms with Crippen LogP contribution >= 0.6 is 0 Å². The second-order valence-electron chi connectivity index (χ2n) is 8.22. The Hall–Kier alpha value is -2.69. The SMILES string of the molecule is CC(C)=CCC/C(C)=C/COc1c(OC(C)C)c2ccc(OC(C)C)cc2oc1=O. The number of hydrogen-bond donors (Lipinski definition) is 0. The van der Waals surface area contributed by atoms with E-state index in [2.05, 4.69) is 26.8 Å². The third-order valence-electron chi connectivity index (χ3n) is 4.27. The van der Waals surface area contributed by atoms with E-state index in [-0.39, 0.29) is 24.6 Å². The average molecular weight is 415 g/mol. The highest BCUT2D eigenvalue weighted by Gasteiger charge is 2.19. The van der Waals surface area contributed by atoms with Crippen LogP contribution in [-0.2, 0) is 0 Å². The summed E-state index contributed by atoms with van der Waals surface area (Å²) < 4.78 is 23.0. The minimum absolute atomic E-state index is 0.0231. The van der Waals surface area contributed by atoms with Gasteiger partial charge in [0.25, 0.3) is 0 Å². The smallest absolute Gasteiger partial charge is 0.383 e. The van der Waals surface area contributed by atoms with Crippen LogP contribution in [-0.4, -0.2) is 18.8 Å². The van der Waals surface area contributed by atoms with Gasteiger partial charge in [-0.25, -0.2) is 4.79 Å². The van der Waals surface area contributed by atoms with Crippen molar-refractivity contribution in [2.45, 2.75) is 73.5 Å². The van der Waals surface area contributed by atoms with Gasteiger partial charge in [-0.3, -0.25) is 0 Å². The molecule has 0 amide bonds. The molecule has 0 N–H and O–H groups in total. The van der Waals surface area contributed by atoms with Crippen LogP contribution in [0.3, 0.4) is 0 Å². The number of rotatable bonds is 10. The molecule has 5 nitrogen and oxygen atoms in total. The van der Waals surface area contributed by atoms with Crippen LogP contribution < -0.4 is 19.8 Å². The number of ether oxygens (including phenoxy) is 3. The predicted molar refractivity (Wildman–Crippen MR) is 122 cm³/mol. The predicted octanol–water partition coefficient (Wildman–Crippen LogP) is 6.44. The number of allylic oxidation sites excluding steroid dienone is 3. The second-order valence-corrected chi connectivity index (χ2v) is 8.22. The quantitative estimate of drug-likeness (QED) is 0.331. The molecule has 1 aromatic carbocycles. The molecular formula is C25H34O5. The number of hydrogen-bond acceptors (Lipinski definition) is 5. The Bertz CT molecular complexity index is 959. The van der Waals surface area contributed by atoms with Gasteiger partial charge < -0.3 is 18.6 Å². The van der Waals surface area contributed by atoms with Crippen LogP contribution in [0.25, 0.3) is 11.0 Å². The van der Waals surface area contributed by atoms with Crippen molar-refractivity contribution in [3.05, 3.63) is 51.9 Å². The monoisotopic (exact) mass is 414 g/mol. The van der Waals surface area contributed by atoms with Crippen molar-refractivity contribution < 1.29 is 18.6 Å². The summed E-state index contributed by atoms with van der Waals surface area (Å²) in [6.07, 6.45) is 6.05. The lowest BCUT2D eigenvalue weighted by Gasteiger charge is -2.16. The summed E-state index contributed by atoms with van der Waals surface area (Å²) >= 11 is 0. The van der Waals surface area contributed by atoms with Crippen LogP contribution in [0.4, 0.5) is 0 Å². The highest BCUT2D eigenvalue weighted by Crippen LogP contribution is 2.35. The molecule has 1 heterocycles. The van der Waals surface area contributed by atoms with E-state index in [1.54, 1.807) is 6.07 Å². The van der Waals surface area contributed by atoms with Gasteiger partial charge in [-0.15, -0.1) is 0 Å². The van der Waals surface area contributed by atoms with Crippen LogP contribution in [0.1, 0.15) is 61.3 Å². The molecule has 0 aliphatic heterocycles. The van der Waals surface area contributed by atoms with Crippen molar-refractivity contribution in [2.75, 3.05) is 6.61 Å². The van der Waals surface area contributed by atoms with Crippen molar-refractivity contribution in [2.24, 2.45) is 0 Å². The zero-order valence-corrected chi connectivity index (χ0v) is 19.2. The summed E-state index contributed by atoms with van der Waals surface area (Å²) in [6.45, 7) is 14.2. The molecule has 0 aliphatic rings. The van der Waals surface area contributed by atoms with Gasteiger partial charge in [0, 0.05) is 6.07 Å². The largest absolute Gasteiger partial charge is 0.491 e. The summed E-state index contributed by atoms with van der Waals surface area (Å²) in [5, 5.41) is 0.679. The van der Waals surface area contributed by atoms with Gasteiger partial charge in [-0.2, -0.15) is 0 Å². The van der Waals surface area contributed by atoms with E-state index >= 15 is 0 Å². The Morgan fingerprint density at radius 2 is 1.70 bits per heavy atom. The van der Waals surface area contributed by atoms with Crippen molar-refractivity contribution in [3.8, 4) is 17.2 Å². The van der Waals surface area contributed by atoms with E-state index in [1.807, 2.05) is 45.9 Å². The lowest BCUT2D eigenvalue weighted by molar-refractivity contribution is 0.224. The van der Waals surface area contributed by atoms with E-state index in [9.17, 15) is 4.79 Å².